The second kappa shape index (κ2) is 6.78. The number of nitrogens with one attached hydrogen (secondary N) is 2. The molecule has 1 aromatic carbocycles. The lowest BCUT2D eigenvalue weighted by molar-refractivity contribution is 0.421. The summed E-state index contributed by atoms with van der Waals surface area (Å²) < 4.78 is 0. The van der Waals surface area contributed by atoms with Gasteiger partial charge in [0.05, 0.1) is 22.4 Å². The molecule has 1 atom stereocenters. The van der Waals surface area contributed by atoms with Crippen molar-refractivity contribution in [3.05, 3.63) is 53.8 Å². The van der Waals surface area contributed by atoms with Gasteiger partial charge in [-0.05, 0) is 41.9 Å². The molecule has 1 aromatic heterocycles. The Balaban J connectivity index is 1.51. The smallest absolute Gasteiger partial charge is 0.0958 e. The summed E-state index contributed by atoms with van der Waals surface area (Å²) in [6, 6.07) is 4.27. The Hall–Kier alpha value is -2.13. The minimum Gasteiger partial charge on any atom is -0.386 e. The van der Waals surface area contributed by atoms with E-state index in [-0.39, 0.29) is 0 Å². The minimum atomic E-state index is 0.770. The summed E-state index contributed by atoms with van der Waals surface area (Å²) in [6.45, 7) is 3.99. The van der Waals surface area contributed by atoms with E-state index in [1.807, 2.05) is 0 Å². The normalized spacial score (nSPS) is 17.5. The van der Waals surface area contributed by atoms with Crippen molar-refractivity contribution in [2.24, 2.45) is 0 Å². The zero-order valence-corrected chi connectivity index (χ0v) is 14.8. The van der Waals surface area contributed by atoms with Gasteiger partial charge in [0, 0.05) is 44.8 Å². The molecule has 0 spiro atoms. The van der Waals surface area contributed by atoms with Crippen LogP contribution in [0, 0.1) is 0 Å². The lowest BCUT2D eigenvalue weighted by Gasteiger charge is -2.27. The third kappa shape index (κ3) is 3.09. The lowest BCUT2D eigenvalue weighted by Crippen LogP contribution is -2.31. The predicted molar refractivity (Wildman–Crippen MR) is 101 cm³/mol. The third-order valence-electron chi connectivity index (χ3n) is 4.53. The Labute approximate surface area is 144 Å². The maximum absolute atomic E-state index is 4.43. The van der Waals surface area contributed by atoms with Crippen LogP contribution < -0.4 is 15.9 Å². The zero-order chi connectivity index (χ0) is 16.4. The summed E-state index contributed by atoms with van der Waals surface area (Å²) in [7, 11) is 2.76. The van der Waals surface area contributed by atoms with E-state index in [0.29, 0.717) is 0 Å². The van der Waals surface area contributed by atoms with Gasteiger partial charge in [-0.1, -0.05) is 0 Å². The van der Waals surface area contributed by atoms with Crippen molar-refractivity contribution < 1.29 is 0 Å². The van der Waals surface area contributed by atoms with E-state index >= 15 is 0 Å². The van der Waals surface area contributed by atoms with Gasteiger partial charge in [-0.15, -0.1) is 9.24 Å². The monoisotopic (exact) mass is 339 g/mol. The molecule has 0 bridgehead atoms. The van der Waals surface area contributed by atoms with Crippen LogP contribution in [0.2, 0.25) is 0 Å². The van der Waals surface area contributed by atoms with E-state index in [9.17, 15) is 0 Å². The quantitative estimate of drug-likeness (QED) is 0.830. The van der Waals surface area contributed by atoms with E-state index in [4.69, 9.17) is 0 Å². The molecule has 3 heterocycles. The summed E-state index contributed by atoms with van der Waals surface area (Å²) in [4.78, 5) is 11.3. The number of fused-ring (bicyclic) bond motifs is 1. The van der Waals surface area contributed by atoms with Gasteiger partial charge >= 0.3 is 0 Å². The highest BCUT2D eigenvalue weighted by molar-refractivity contribution is 7.28. The Bertz CT molecular complexity index is 808. The van der Waals surface area contributed by atoms with E-state index in [1.54, 1.807) is 12.4 Å². The van der Waals surface area contributed by atoms with Crippen molar-refractivity contribution in [3.63, 3.8) is 0 Å². The number of benzene rings is 1. The summed E-state index contributed by atoms with van der Waals surface area (Å²) in [6.07, 6.45) is 10.4. The fourth-order valence-corrected chi connectivity index (χ4v) is 3.80. The Kier molecular flexibility index (Phi) is 4.35. The van der Waals surface area contributed by atoms with Gasteiger partial charge in [0.15, 0.2) is 0 Å². The van der Waals surface area contributed by atoms with Crippen LogP contribution in [-0.2, 0) is 6.54 Å². The molecule has 124 valence electrons. The van der Waals surface area contributed by atoms with Crippen LogP contribution in [0.4, 0.5) is 0 Å². The average molecular weight is 339 g/mol. The van der Waals surface area contributed by atoms with Gasteiger partial charge in [0.25, 0.3) is 0 Å². The van der Waals surface area contributed by atoms with Crippen LogP contribution in [0.5, 0.6) is 0 Å². The lowest BCUT2D eigenvalue weighted by atomic mass is 10.1. The zero-order valence-electron chi connectivity index (χ0n) is 13.6. The van der Waals surface area contributed by atoms with Crippen LogP contribution in [0.25, 0.3) is 11.0 Å². The number of likely N-dealkylation sites (tertiary alicyclic amines) is 1. The van der Waals surface area contributed by atoms with Crippen molar-refractivity contribution in [1.29, 1.82) is 0 Å². The van der Waals surface area contributed by atoms with Crippen molar-refractivity contribution in [3.8, 4) is 0 Å². The second-order valence-corrected chi connectivity index (χ2v) is 6.83. The highest BCUT2D eigenvalue weighted by Gasteiger charge is 2.19. The second-order valence-electron chi connectivity index (χ2n) is 6.21. The van der Waals surface area contributed by atoms with Crippen LogP contribution >= 0.6 is 9.24 Å². The van der Waals surface area contributed by atoms with Crippen LogP contribution in [0.15, 0.2) is 48.2 Å². The number of hydrogen-bond donors (Lipinski definition) is 2. The Morgan fingerprint density at radius 1 is 1.17 bits per heavy atom. The Morgan fingerprint density at radius 2 is 2.00 bits per heavy atom. The van der Waals surface area contributed by atoms with Gasteiger partial charge in [-0.25, -0.2) is 0 Å². The fraction of sp³-hybridized carbons (Fsp3) is 0.333. The minimum absolute atomic E-state index is 0.770. The molecule has 24 heavy (non-hydrogen) atoms. The first kappa shape index (κ1) is 15.4. The molecule has 4 rings (SSSR count). The first-order chi connectivity index (χ1) is 11.8. The molecule has 0 amide bonds. The number of aromatic nitrogens is 2. The SMILES string of the molecule is Pc1cc(CNC2=CNCC=C2N2CCCC2)cc2nccnc12. The maximum atomic E-state index is 4.43. The van der Waals surface area contributed by atoms with E-state index < -0.39 is 0 Å². The predicted octanol–water partition coefficient (Wildman–Crippen LogP) is 1.64. The molecule has 2 N–H and O–H groups in total. The van der Waals surface area contributed by atoms with Crippen molar-refractivity contribution in [1.82, 2.24) is 25.5 Å². The van der Waals surface area contributed by atoms with E-state index in [0.717, 1.165) is 42.5 Å². The van der Waals surface area contributed by atoms with E-state index in [2.05, 4.69) is 59.1 Å². The Morgan fingerprint density at radius 3 is 2.88 bits per heavy atom. The molecule has 5 nitrogen and oxygen atoms in total. The number of nitrogens with zero attached hydrogens (tertiary/aromatic N) is 3. The van der Waals surface area contributed by atoms with Crippen molar-refractivity contribution in [2.75, 3.05) is 19.6 Å². The fourth-order valence-electron chi connectivity index (χ4n) is 3.36. The van der Waals surface area contributed by atoms with Gasteiger partial charge in [0.1, 0.15) is 0 Å². The number of rotatable bonds is 4. The molecule has 2 aliphatic rings. The molecule has 2 aromatic rings. The summed E-state index contributed by atoms with van der Waals surface area (Å²) >= 11 is 0. The van der Waals surface area contributed by atoms with Crippen LogP contribution in [0.1, 0.15) is 18.4 Å². The topological polar surface area (TPSA) is 53.1 Å². The summed E-state index contributed by atoms with van der Waals surface area (Å²) in [5, 5.41) is 7.99. The van der Waals surface area contributed by atoms with E-state index in [1.165, 1.54) is 29.8 Å². The number of dihydropyridines is 1. The molecule has 1 unspecified atom stereocenters. The molecule has 0 aliphatic carbocycles. The van der Waals surface area contributed by atoms with Gasteiger partial charge in [0.2, 0.25) is 0 Å². The van der Waals surface area contributed by atoms with Crippen molar-refractivity contribution in [2.45, 2.75) is 19.4 Å². The molecule has 6 heteroatoms. The molecule has 0 radical (unpaired) electrons. The average Bonchev–Trinajstić information content (AvgIpc) is 3.15. The van der Waals surface area contributed by atoms with Gasteiger partial charge in [-0.2, -0.15) is 0 Å². The molecule has 0 saturated carbocycles. The first-order valence-corrected chi connectivity index (χ1v) is 9.01. The molecule has 1 fully saturated rings. The summed E-state index contributed by atoms with van der Waals surface area (Å²) in [5.74, 6) is 0. The van der Waals surface area contributed by atoms with Gasteiger partial charge < -0.3 is 15.5 Å². The highest BCUT2D eigenvalue weighted by atomic mass is 31.0. The largest absolute Gasteiger partial charge is 0.386 e. The van der Waals surface area contributed by atoms with Gasteiger partial charge in [-0.3, -0.25) is 9.97 Å². The number of hydrogen-bond acceptors (Lipinski definition) is 5. The van der Waals surface area contributed by atoms with Crippen LogP contribution in [-0.4, -0.2) is 34.5 Å². The standard InChI is InChI=1S/C18H22N5P/c24-17-10-13(9-14-18(17)21-6-5-20-14)11-22-15-12-19-4-3-16(15)23-7-1-2-8-23/h3,5-6,9-10,12,19,22H,1-2,4,7-8,11,24H2. The molecular weight excluding hydrogens is 317 g/mol. The summed E-state index contributed by atoms with van der Waals surface area (Å²) in [5.41, 5.74) is 5.60. The molecule has 2 aliphatic heterocycles. The first-order valence-electron chi connectivity index (χ1n) is 8.43. The third-order valence-corrected chi connectivity index (χ3v) is 4.97. The molecular formula is C18H22N5P. The highest BCUT2D eigenvalue weighted by Crippen LogP contribution is 2.21. The van der Waals surface area contributed by atoms with Crippen LogP contribution in [0.3, 0.4) is 0 Å². The molecule has 1 saturated heterocycles. The van der Waals surface area contributed by atoms with Crippen molar-refractivity contribution >= 4 is 25.6 Å². The maximum Gasteiger partial charge on any atom is 0.0958 e.